The molecule has 0 aliphatic heterocycles. The summed E-state index contributed by atoms with van der Waals surface area (Å²) in [5.41, 5.74) is 40.0. The molecule has 0 fully saturated rings. The van der Waals surface area contributed by atoms with Gasteiger partial charge in [-0.1, -0.05) is 440 Å². The highest BCUT2D eigenvalue weighted by molar-refractivity contribution is 6.09. The zero-order valence-electron chi connectivity index (χ0n) is 75.1. The summed E-state index contributed by atoms with van der Waals surface area (Å²) in [4.78, 5) is 31.6. The lowest BCUT2D eigenvalue weighted by molar-refractivity contribution is 0.660. The van der Waals surface area contributed by atoms with Crippen molar-refractivity contribution >= 4 is 21.8 Å². The first-order chi connectivity index (χ1) is 66.4. The predicted octanol–water partition coefficient (Wildman–Crippen LogP) is 31.2. The third-order valence-electron chi connectivity index (χ3n) is 29.0. The Labute approximate surface area is 786 Å². The summed E-state index contributed by atoms with van der Waals surface area (Å²) in [6.45, 7) is 9.43. The van der Waals surface area contributed by atoms with E-state index in [0.29, 0.717) is 34.9 Å². The number of aromatic nitrogens is 7. The van der Waals surface area contributed by atoms with Gasteiger partial charge in [-0.15, -0.1) is 0 Å². The molecule has 3 aromatic heterocycles. The van der Waals surface area contributed by atoms with E-state index in [1.54, 1.807) is 0 Å². The van der Waals surface area contributed by atoms with E-state index in [9.17, 15) is 0 Å². The van der Waals surface area contributed by atoms with Gasteiger partial charge < -0.3 is 4.57 Å². The van der Waals surface area contributed by atoms with Crippen LogP contribution in [0.2, 0.25) is 0 Å². The molecule has 0 atom stereocenters. The van der Waals surface area contributed by atoms with Crippen molar-refractivity contribution < 1.29 is 0 Å². The second-order valence-electron chi connectivity index (χ2n) is 37.0. The van der Waals surface area contributed by atoms with Gasteiger partial charge in [0.1, 0.15) is 0 Å². The Bertz CT molecular complexity index is 8320. The Balaban J connectivity index is 0.000000145. The molecule has 0 radical (unpaired) electrons. The van der Waals surface area contributed by atoms with Crippen LogP contribution >= 0.6 is 0 Å². The minimum absolute atomic E-state index is 0.0941. The quantitative estimate of drug-likeness (QED) is 0.108. The highest BCUT2D eigenvalue weighted by Gasteiger charge is 2.50. The van der Waals surface area contributed by atoms with Crippen molar-refractivity contribution in [2.24, 2.45) is 0 Å². The van der Waals surface area contributed by atoms with Crippen molar-refractivity contribution in [1.29, 1.82) is 0 Å². The molecule has 636 valence electrons. The summed E-state index contributed by atoms with van der Waals surface area (Å²) in [5, 5.41) is 2.44. The summed E-state index contributed by atoms with van der Waals surface area (Å²) in [7, 11) is 0. The Morgan fingerprint density at radius 2 is 0.437 bits per heavy atom. The van der Waals surface area contributed by atoms with Gasteiger partial charge in [-0.25, -0.2) is 29.9 Å². The van der Waals surface area contributed by atoms with Crippen LogP contribution < -0.4 is 0 Å². The van der Waals surface area contributed by atoms with Gasteiger partial charge in [0.05, 0.1) is 21.9 Å². The third kappa shape index (κ3) is 12.9. The van der Waals surface area contributed by atoms with Crippen molar-refractivity contribution in [2.75, 3.05) is 0 Å². The average Bonchev–Trinajstić information content (AvgIpc) is 1.53. The van der Waals surface area contributed by atoms with Crippen LogP contribution in [0.3, 0.4) is 0 Å². The van der Waals surface area contributed by atoms with Crippen molar-refractivity contribution in [1.82, 2.24) is 34.5 Å². The van der Waals surface area contributed by atoms with Crippen molar-refractivity contribution in [2.45, 2.75) is 49.4 Å². The van der Waals surface area contributed by atoms with Crippen LogP contribution in [-0.2, 0) is 21.7 Å². The molecule has 7 nitrogen and oxygen atoms in total. The van der Waals surface area contributed by atoms with Gasteiger partial charge in [0.25, 0.3) is 0 Å². The molecule has 0 saturated carbocycles. The van der Waals surface area contributed by atoms with Crippen LogP contribution in [0.1, 0.15) is 94.5 Å². The SMILES string of the molecule is CC1(C)c2ccccc2-c2c(-c3ccc4c(c3)C(c3ccccc3)(c3ccccc3)c3cc(-c5nc(-c6ccccc6)nc(-c6cccc(-c7ccccc7)c6)n5)ccc3-4)cccc21.CC1(C)c2ccccc2-c2c(-c3ccc4c(c3)C(c3ccccc3)(c3ccccc3)c3cc(-c5nc(-c6ccccc6)nc(-c6cccc(-n7c8ccccc8c8ccccc87)c6)n5)ccc3-4)cccc21. The van der Waals surface area contributed by atoms with E-state index in [2.05, 4.69) is 457 Å². The monoisotopic (exact) mass is 1720 g/mol. The van der Waals surface area contributed by atoms with E-state index in [1.165, 1.54) is 144 Å². The Hall–Kier alpha value is -17.0. The van der Waals surface area contributed by atoms with E-state index in [0.717, 1.165) is 61.2 Å². The lowest BCUT2D eigenvalue weighted by Crippen LogP contribution is -2.28. The third-order valence-corrected chi connectivity index (χ3v) is 29.0. The first-order valence-electron chi connectivity index (χ1n) is 46.6. The molecule has 0 saturated heterocycles. The fourth-order valence-electron chi connectivity index (χ4n) is 22.7. The number of rotatable bonds is 14. The number of hydrogen-bond donors (Lipinski definition) is 0. The fraction of sp³-hybridized carbons (Fsp3) is 0.0625. The van der Waals surface area contributed by atoms with E-state index in [1.807, 2.05) is 42.5 Å². The number of benzene rings is 19. The lowest BCUT2D eigenvalue weighted by atomic mass is 9.67. The first-order valence-corrected chi connectivity index (χ1v) is 46.6. The van der Waals surface area contributed by atoms with E-state index in [4.69, 9.17) is 29.9 Å². The van der Waals surface area contributed by atoms with Gasteiger partial charge in [0.2, 0.25) is 0 Å². The minimum Gasteiger partial charge on any atom is -0.309 e. The van der Waals surface area contributed by atoms with Gasteiger partial charge in [0.15, 0.2) is 34.9 Å². The van der Waals surface area contributed by atoms with E-state index < -0.39 is 10.8 Å². The highest BCUT2D eigenvalue weighted by Crippen LogP contribution is 2.62. The smallest absolute Gasteiger partial charge is 0.164 e. The Morgan fingerprint density at radius 3 is 0.830 bits per heavy atom. The lowest BCUT2D eigenvalue weighted by Gasteiger charge is -2.34. The second kappa shape index (κ2) is 31.9. The van der Waals surface area contributed by atoms with E-state index >= 15 is 0 Å². The standard InChI is InChI=1S/C67H46N4.C61H43N3/c1-66(2)56-32-15-12-30-55(56)62-50(31-19-33-57(62)66)44-36-38-51-52-39-37-46(42-59(52)67(58(51)41-44,47-23-8-4-9-24-47)48-25-10-5-11-26-48)65-69-63(43-20-6-3-7-21-43)68-64(70-65)45-22-18-27-49(40-45)71-60-34-16-13-28-53(60)54-29-14-17-35-61(54)71;1-60(2)52-31-16-15-29-51(52)56-48(30-18-32-53(56)60)43-33-35-49-50-36-34-45(39-55(50)61(54(49)38-43,46-25-11-5-12-26-46)47-27-13-6-14-28-47)59-63-57(41-21-9-4-10-22-41)62-58(64-59)44-24-17-23-42(37-44)40-19-7-3-8-20-40/h3-42H,1-2H3;3-39H,1-2H3. The number of para-hydroxylation sites is 2. The van der Waals surface area contributed by atoms with Crippen LogP contribution in [0.4, 0.5) is 0 Å². The molecule has 4 aliphatic rings. The maximum Gasteiger partial charge on any atom is 0.164 e. The summed E-state index contributed by atoms with van der Waals surface area (Å²) >= 11 is 0. The number of nitrogens with zero attached hydrogens (tertiary/aromatic N) is 7. The maximum atomic E-state index is 5.40. The molecule has 19 aromatic carbocycles. The molecule has 7 heteroatoms. The van der Waals surface area contributed by atoms with Crippen LogP contribution in [0.25, 0.3) is 174 Å². The number of fused-ring (bicyclic) bond motifs is 15. The zero-order valence-corrected chi connectivity index (χ0v) is 75.1. The van der Waals surface area contributed by atoms with Crippen LogP contribution in [-0.4, -0.2) is 34.5 Å². The van der Waals surface area contributed by atoms with Crippen LogP contribution in [0, 0.1) is 0 Å². The molecule has 22 aromatic rings. The van der Waals surface area contributed by atoms with Gasteiger partial charge in [-0.05, 0) is 199 Å². The van der Waals surface area contributed by atoms with Crippen LogP contribution in [0.5, 0.6) is 0 Å². The molecule has 4 aliphatic carbocycles. The van der Waals surface area contributed by atoms with Crippen LogP contribution in [0.15, 0.2) is 467 Å². The zero-order chi connectivity index (χ0) is 90.1. The summed E-state index contributed by atoms with van der Waals surface area (Å²) in [5.74, 6) is 3.75. The predicted molar refractivity (Wildman–Crippen MR) is 553 cm³/mol. The summed E-state index contributed by atoms with van der Waals surface area (Å²) in [6.07, 6.45) is 0. The molecule has 135 heavy (non-hydrogen) atoms. The van der Waals surface area contributed by atoms with Crippen molar-refractivity contribution in [3.8, 4) is 152 Å². The van der Waals surface area contributed by atoms with E-state index in [-0.39, 0.29) is 10.8 Å². The molecule has 0 spiro atoms. The molecule has 0 N–H and O–H groups in total. The van der Waals surface area contributed by atoms with Crippen molar-refractivity contribution in [3.63, 3.8) is 0 Å². The molecule has 3 heterocycles. The summed E-state index contributed by atoms with van der Waals surface area (Å²) in [6, 6.07) is 169. The van der Waals surface area contributed by atoms with Gasteiger partial charge in [-0.3, -0.25) is 0 Å². The first kappa shape index (κ1) is 80.1. The topological polar surface area (TPSA) is 82.3 Å². The number of hydrogen-bond acceptors (Lipinski definition) is 6. The Kier molecular flexibility index (Phi) is 19.0. The highest BCUT2D eigenvalue weighted by atomic mass is 15.0. The molecular formula is C128H89N7. The van der Waals surface area contributed by atoms with Gasteiger partial charge >= 0.3 is 0 Å². The molecule has 0 amide bonds. The fourth-order valence-corrected chi connectivity index (χ4v) is 22.7. The Morgan fingerprint density at radius 1 is 0.170 bits per heavy atom. The molecular weight excluding hydrogens is 1640 g/mol. The largest absolute Gasteiger partial charge is 0.309 e. The molecule has 26 rings (SSSR count). The van der Waals surface area contributed by atoms with Gasteiger partial charge in [-0.2, -0.15) is 0 Å². The molecule has 0 unspecified atom stereocenters. The average molecular weight is 1730 g/mol. The maximum absolute atomic E-state index is 5.40. The van der Waals surface area contributed by atoms with Crippen molar-refractivity contribution in [3.05, 3.63) is 534 Å². The summed E-state index contributed by atoms with van der Waals surface area (Å²) < 4.78 is 2.34. The normalized spacial score (nSPS) is 13.7. The second-order valence-corrected chi connectivity index (χ2v) is 37.0. The minimum atomic E-state index is -0.664. The van der Waals surface area contributed by atoms with Gasteiger partial charge in [0, 0.05) is 60.7 Å². The molecule has 0 bridgehead atoms.